The Labute approximate surface area is 137 Å². The molecule has 8 nitrogen and oxygen atoms in total. The van der Waals surface area contributed by atoms with Crippen LogP contribution in [0, 0.1) is 0 Å². The summed E-state index contributed by atoms with van der Waals surface area (Å²) >= 11 is 0. The zero-order chi connectivity index (χ0) is 17.3. The van der Waals surface area contributed by atoms with Gasteiger partial charge in [0.25, 0.3) is 5.56 Å². The molecular weight excluding hydrogens is 312 g/mol. The lowest BCUT2D eigenvalue weighted by molar-refractivity contribution is -0.310. The van der Waals surface area contributed by atoms with Crippen LogP contribution in [0.25, 0.3) is 11.2 Å². The number of rotatable bonds is 5. The number of benzene rings is 1. The Kier molecular flexibility index (Phi) is 4.32. The van der Waals surface area contributed by atoms with Gasteiger partial charge in [-0.3, -0.25) is 13.9 Å². The minimum Gasteiger partial charge on any atom is -0.328 e. The summed E-state index contributed by atoms with van der Waals surface area (Å²) < 4.78 is 4.09. The van der Waals surface area contributed by atoms with E-state index in [1.165, 1.54) is 18.0 Å². The first kappa shape index (κ1) is 16.2. The predicted molar refractivity (Wildman–Crippen MR) is 87.5 cm³/mol. The van der Waals surface area contributed by atoms with Crippen LogP contribution in [0.4, 0.5) is 0 Å². The van der Waals surface area contributed by atoms with Gasteiger partial charge in [-0.25, -0.2) is 19.6 Å². The molecule has 2 aromatic heterocycles. The first-order chi connectivity index (χ1) is 11.5. The average molecular weight is 330 g/mol. The molecule has 126 valence electrons. The van der Waals surface area contributed by atoms with E-state index in [0.717, 1.165) is 10.1 Å². The smallest absolute Gasteiger partial charge is 0.328 e. The number of aryl methyl sites for hydroxylation is 2. The lowest BCUT2D eigenvalue weighted by Gasteiger charge is -2.17. The zero-order valence-corrected chi connectivity index (χ0v) is 13.7. The molecule has 3 rings (SSSR count). The van der Waals surface area contributed by atoms with E-state index in [4.69, 9.17) is 9.78 Å². The van der Waals surface area contributed by atoms with Gasteiger partial charge in [-0.05, 0) is 5.56 Å². The van der Waals surface area contributed by atoms with Gasteiger partial charge in [0.2, 0.25) is 0 Å². The highest BCUT2D eigenvalue weighted by molar-refractivity contribution is 5.69. The Morgan fingerprint density at radius 2 is 1.88 bits per heavy atom. The predicted octanol–water partition coefficient (Wildman–Crippen LogP) is 0.753. The molecule has 1 aromatic carbocycles. The second-order valence-corrected chi connectivity index (χ2v) is 5.45. The minimum absolute atomic E-state index is 0.0322. The molecule has 0 N–H and O–H groups in total. The molecule has 0 bridgehead atoms. The first-order valence-electron chi connectivity index (χ1n) is 7.40. The first-order valence-corrected chi connectivity index (χ1v) is 7.40. The zero-order valence-electron chi connectivity index (χ0n) is 13.7. The lowest BCUT2D eigenvalue weighted by Crippen LogP contribution is -2.41. The van der Waals surface area contributed by atoms with Crippen molar-refractivity contribution in [2.45, 2.75) is 12.6 Å². The summed E-state index contributed by atoms with van der Waals surface area (Å²) in [7, 11) is 4.69. The highest BCUT2D eigenvalue weighted by Gasteiger charge is 2.20. The molecule has 0 fully saturated rings. The third-order valence-corrected chi connectivity index (χ3v) is 3.93. The van der Waals surface area contributed by atoms with Crippen molar-refractivity contribution in [1.29, 1.82) is 0 Å². The third-order valence-electron chi connectivity index (χ3n) is 3.93. The summed E-state index contributed by atoms with van der Waals surface area (Å²) in [5, 5.41) is 0. The summed E-state index contributed by atoms with van der Waals surface area (Å²) in [6.07, 6.45) is 0.920. The van der Waals surface area contributed by atoms with Gasteiger partial charge >= 0.3 is 5.69 Å². The number of imidazole rings is 1. The molecular formula is C16H18N4O4. The van der Waals surface area contributed by atoms with Crippen LogP contribution in [0.1, 0.15) is 11.7 Å². The molecule has 0 aliphatic heterocycles. The number of hydrogen-bond donors (Lipinski definition) is 0. The van der Waals surface area contributed by atoms with Crippen LogP contribution >= 0.6 is 0 Å². The molecule has 0 spiro atoms. The Bertz CT molecular complexity index is 971. The van der Waals surface area contributed by atoms with Crippen LogP contribution < -0.4 is 11.2 Å². The van der Waals surface area contributed by atoms with Gasteiger partial charge in [0.05, 0.1) is 20.0 Å². The van der Waals surface area contributed by atoms with Crippen LogP contribution in [0.5, 0.6) is 0 Å². The summed E-state index contributed by atoms with van der Waals surface area (Å²) in [4.78, 5) is 39.5. The summed E-state index contributed by atoms with van der Waals surface area (Å²) in [6.45, 7) is 0.0322. The fraction of sp³-hybridized carbons (Fsp3) is 0.312. The van der Waals surface area contributed by atoms with Crippen molar-refractivity contribution in [3.05, 3.63) is 63.1 Å². The van der Waals surface area contributed by atoms with Gasteiger partial charge in [0.15, 0.2) is 11.2 Å². The van der Waals surface area contributed by atoms with Crippen molar-refractivity contribution in [3.8, 4) is 0 Å². The van der Waals surface area contributed by atoms with Crippen LogP contribution in [-0.4, -0.2) is 25.8 Å². The molecule has 0 aliphatic carbocycles. The second-order valence-electron chi connectivity index (χ2n) is 5.45. The number of hydrogen-bond acceptors (Lipinski definition) is 5. The van der Waals surface area contributed by atoms with Crippen molar-refractivity contribution in [1.82, 2.24) is 18.7 Å². The van der Waals surface area contributed by atoms with Crippen molar-refractivity contribution >= 4 is 11.2 Å². The molecule has 1 unspecified atom stereocenters. The van der Waals surface area contributed by atoms with E-state index in [9.17, 15) is 9.59 Å². The van der Waals surface area contributed by atoms with E-state index in [1.54, 1.807) is 18.7 Å². The monoisotopic (exact) mass is 330 g/mol. The molecule has 3 aromatic rings. The second kappa shape index (κ2) is 6.42. The molecule has 0 amide bonds. The van der Waals surface area contributed by atoms with E-state index < -0.39 is 17.4 Å². The normalized spacial score (nSPS) is 12.6. The van der Waals surface area contributed by atoms with Gasteiger partial charge in [0, 0.05) is 14.1 Å². The molecule has 1 atom stereocenters. The maximum Gasteiger partial charge on any atom is 0.332 e. The lowest BCUT2D eigenvalue weighted by atomic mass is 10.1. The molecule has 0 radical (unpaired) electrons. The molecule has 0 saturated heterocycles. The van der Waals surface area contributed by atoms with Crippen molar-refractivity contribution < 1.29 is 9.78 Å². The molecule has 24 heavy (non-hydrogen) atoms. The highest BCUT2D eigenvalue weighted by Crippen LogP contribution is 2.18. The fourth-order valence-electron chi connectivity index (χ4n) is 2.70. The SMILES string of the molecule is COOC(Cn1c(=O)c2c(ncn2C)n(C)c1=O)c1ccccc1. The van der Waals surface area contributed by atoms with E-state index in [-0.39, 0.29) is 6.54 Å². The maximum atomic E-state index is 12.7. The summed E-state index contributed by atoms with van der Waals surface area (Å²) in [5.74, 6) is 0. The van der Waals surface area contributed by atoms with E-state index in [1.807, 2.05) is 30.3 Å². The Morgan fingerprint density at radius 3 is 2.54 bits per heavy atom. The van der Waals surface area contributed by atoms with E-state index in [2.05, 4.69) is 4.98 Å². The number of fused-ring (bicyclic) bond motifs is 1. The van der Waals surface area contributed by atoms with E-state index in [0.29, 0.717) is 11.2 Å². The van der Waals surface area contributed by atoms with Gasteiger partial charge < -0.3 is 4.57 Å². The Hall–Kier alpha value is -2.71. The van der Waals surface area contributed by atoms with Crippen LogP contribution in [-0.2, 0) is 30.4 Å². The number of aromatic nitrogens is 4. The molecule has 2 heterocycles. The fourth-order valence-corrected chi connectivity index (χ4v) is 2.70. The summed E-state index contributed by atoms with van der Waals surface area (Å²) in [6, 6.07) is 9.28. The van der Waals surface area contributed by atoms with Crippen molar-refractivity contribution in [2.75, 3.05) is 7.11 Å². The van der Waals surface area contributed by atoms with E-state index >= 15 is 0 Å². The molecule has 0 saturated carbocycles. The van der Waals surface area contributed by atoms with Crippen molar-refractivity contribution in [2.24, 2.45) is 14.1 Å². The van der Waals surface area contributed by atoms with Crippen LogP contribution in [0.15, 0.2) is 46.2 Å². The minimum atomic E-state index is -0.590. The van der Waals surface area contributed by atoms with Crippen LogP contribution in [0.3, 0.4) is 0 Å². The molecule has 8 heteroatoms. The summed E-state index contributed by atoms with van der Waals surface area (Å²) in [5.41, 5.74) is 0.660. The van der Waals surface area contributed by atoms with Crippen LogP contribution in [0.2, 0.25) is 0 Å². The highest BCUT2D eigenvalue weighted by atomic mass is 17.2. The third kappa shape index (κ3) is 2.66. The van der Waals surface area contributed by atoms with Gasteiger partial charge in [-0.15, -0.1) is 0 Å². The van der Waals surface area contributed by atoms with Gasteiger partial charge in [0.1, 0.15) is 6.10 Å². The average Bonchev–Trinajstić information content (AvgIpc) is 2.98. The topological polar surface area (TPSA) is 80.3 Å². The Morgan fingerprint density at radius 1 is 1.17 bits per heavy atom. The largest absolute Gasteiger partial charge is 0.332 e. The Balaban J connectivity index is 2.13. The molecule has 0 aliphatic rings. The quantitative estimate of drug-likeness (QED) is 0.509. The number of nitrogens with zero attached hydrogens (tertiary/aromatic N) is 4. The maximum absolute atomic E-state index is 12.7. The van der Waals surface area contributed by atoms with Gasteiger partial charge in [-0.1, -0.05) is 30.3 Å². The standard InChI is InChI=1S/C16H18N4O4/c1-18-10-17-14-13(18)15(21)20(16(22)19(14)2)9-12(24-23-3)11-7-5-4-6-8-11/h4-8,10,12H,9H2,1-3H3. The van der Waals surface area contributed by atoms with Gasteiger partial charge in [-0.2, -0.15) is 0 Å². The van der Waals surface area contributed by atoms with Crippen molar-refractivity contribution in [3.63, 3.8) is 0 Å².